The van der Waals surface area contributed by atoms with Gasteiger partial charge in [-0.3, -0.25) is 9.69 Å². The molecule has 2 aromatic rings. The lowest BCUT2D eigenvalue weighted by atomic mass is 10.2. The van der Waals surface area contributed by atoms with Crippen LogP contribution in [0.25, 0.3) is 0 Å². The zero-order valence-corrected chi connectivity index (χ0v) is 13.9. The average Bonchev–Trinajstić information content (AvgIpc) is 2.49. The highest BCUT2D eigenvalue weighted by atomic mass is 35.5. The van der Waals surface area contributed by atoms with Gasteiger partial charge in [-0.1, -0.05) is 35.9 Å². The zero-order chi connectivity index (χ0) is 16.7. The molecule has 1 amide bonds. The van der Waals surface area contributed by atoms with Crippen molar-refractivity contribution in [2.75, 3.05) is 25.0 Å². The number of hydrogen-bond donors (Lipinski definition) is 2. The maximum atomic E-state index is 12.2. The van der Waals surface area contributed by atoms with Crippen molar-refractivity contribution in [2.45, 2.75) is 13.5 Å². The van der Waals surface area contributed by atoms with Crippen LogP contribution in [-0.2, 0) is 11.3 Å². The first-order valence-electron chi connectivity index (χ1n) is 7.51. The van der Waals surface area contributed by atoms with Gasteiger partial charge in [0.2, 0.25) is 5.91 Å². The molecule has 122 valence electrons. The number of carbonyl (C=O) groups is 1. The third kappa shape index (κ3) is 6.02. The fourth-order valence-electron chi connectivity index (χ4n) is 2.33. The predicted octanol–water partition coefficient (Wildman–Crippen LogP) is 3.08. The fourth-order valence-corrected chi connectivity index (χ4v) is 2.46. The molecule has 0 aromatic heterocycles. The van der Waals surface area contributed by atoms with Gasteiger partial charge in [0.1, 0.15) is 0 Å². The number of halogens is 1. The molecule has 2 rings (SSSR count). The number of benzene rings is 2. The molecule has 0 atom stereocenters. The Morgan fingerprint density at radius 2 is 1.96 bits per heavy atom. The molecule has 23 heavy (non-hydrogen) atoms. The summed E-state index contributed by atoms with van der Waals surface area (Å²) in [6.45, 7) is 3.22. The summed E-state index contributed by atoms with van der Waals surface area (Å²) in [5.74, 6) is -0.0991. The van der Waals surface area contributed by atoms with Crippen LogP contribution in [0.2, 0.25) is 5.02 Å². The van der Waals surface area contributed by atoms with Gasteiger partial charge >= 0.3 is 0 Å². The Labute approximate surface area is 141 Å². The molecule has 0 saturated heterocycles. The standard InChI is InChI=1S/C18H21ClN2O2/c1-14-3-2-4-17(11-14)20-18(23)13-21(9-10-22)12-15-5-7-16(19)8-6-15/h2-8,11,22H,9-10,12-13H2,1H3,(H,20,23). The number of aryl methyl sites for hydroxylation is 1. The normalized spacial score (nSPS) is 10.8. The van der Waals surface area contributed by atoms with Crippen LogP contribution in [-0.4, -0.2) is 35.6 Å². The quantitative estimate of drug-likeness (QED) is 0.819. The van der Waals surface area contributed by atoms with Crippen molar-refractivity contribution >= 4 is 23.2 Å². The molecule has 0 unspecified atom stereocenters. The molecule has 5 heteroatoms. The number of nitrogens with one attached hydrogen (secondary N) is 1. The highest BCUT2D eigenvalue weighted by molar-refractivity contribution is 6.30. The first-order chi connectivity index (χ1) is 11.1. The van der Waals surface area contributed by atoms with Crippen molar-refractivity contribution < 1.29 is 9.90 Å². The zero-order valence-electron chi connectivity index (χ0n) is 13.1. The molecule has 4 nitrogen and oxygen atoms in total. The summed E-state index contributed by atoms with van der Waals surface area (Å²) in [5.41, 5.74) is 2.92. The van der Waals surface area contributed by atoms with Gasteiger partial charge in [0.15, 0.2) is 0 Å². The highest BCUT2D eigenvalue weighted by Gasteiger charge is 2.11. The van der Waals surface area contributed by atoms with Crippen molar-refractivity contribution in [2.24, 2.45) is 0 Å². The topological polar surface area (TPSA) is 52.6 Å². The van der Waals surface area contributed by atoms with Gasteiger partial charge in [0.05, 0.1) is 13.2 Å². The smallest absolute Gasteiger partial charge is 0.238 e. The SMILES string of the molecule is Cc1cccc(NC(=O)CN(CCO)Cc2ccc(Cl)cc2)c1. The fraction of sp³-hybridized carbons (Fsp3) is 0.278. The van der Waals surface area contributed by atoms with E-state index in [1.165, 1.54) is 0 Å². The lowest BCUT2D eigenvalue weighted by Gasteiger charge is -2.21. The molecular formula is C18H21ClN2O2. The van der Waals surface area contributed by atoms with E-state index in [0.717, 1.165) is 16.8 Å². The first kappa shape index (κ1) is 17.5. The number of anilines is 1. The Morgan fingerprint density at radius 3 is 2.61 bits per heavy atom. The van der Waals surface area contributed by atoms with Crippen molar-refractivity contribution in [3.05, 3.63) is 64.7 Å². The molecule has 2 N–H and O–H groups in total. The molecule has 0 saturated carbocycles. The maximum Gasteiger partial charge on any atom is 0.238 e. The summed E-state index contributed by atoms with van der Waals surface area (Å²) in [4.78, 5) is 14.1. The number of carbonyl (C=O) groups excluding carboxylic acids is 1. The average molecular weight is 333 g/mol. The van der Waals surface area contributed by atoms with Crippen molar-refractivity contribution in [1.29, 1.82) is 0 Å². The van der Waals surface area contributed by atoms with Gasteiger partial charge in [-0.15, -0.1) is 0 Å². The number of aliphatic hydroxyl groups is 1. The lowest BCUT2D eigenvalue weighted by molar-refractivity contribution is -0.117. The van der Waals surface area contributed by atoms with Crippen LogP contribution in [0.5, 0.6) is 0 Å². The number of hydrogen-bond acceptors (Lipinski definition) is 3. The van der Waals surface area contributed by atoms with Gasteiger partial charge in [-0.25, -0.2) is 0 Å². The van der Waals surface area contributed by atoms with E-state index in [2.05, 4.69) is 5.32 Å². The van der Waals surface area contributed by atoms with Crippen LogP contribution in [0.4, 0.5) is 5.69 Å². The van der Waals surface area contributed by atoms with E-state index in [1.54, 1.807) is 0 Å². The summed E-state index contributed by atoms with van der Waals surface area (Å²) >= 11 is 5.88. The first-order valence-corrected chi connectivity index (χ1v) is 7.89. The minimum absolute atomic E-state index is 0.00527. The van der Waals surface area contributed by atoms with Gasteiger partial charge < -0.3 is 10.4 Å². The largest absolute Gasteiger partial charge is 0.395 e. The van der Waals surface area contributed by atoms with Crippen molar-refractivity contribution in [3.63, 3.8) is 0 Å². The summed E-state index contributed by atoms with van der Waals surface area (Å²) in [5, 5.41) is 12.8. The molecule has 0 aliphatic carbocycles. The maximum absolute atomic E-state index is 12.2. The number of amides is 1. The van der Waals surface area contributed by atoms with E-state index in [4.69, 9.17) is 11.6 Å². The third-order valence-corrected chi connectivity index (χ3v) is 3.66. The molecule has 0 radical (unpaired) electrons. The predicted molar refractivity (Wildman–Crippen MR) is 93.6 cm³/mol. The molecule has 0 aliphatic heterocycles. The molecule has 0 heterocycles. The van der Waals surface area contributed by atoms with Crippen LogP contribution in [0.15, 0.2) is 48.5 Å². The molecule has 0 aliphatic rings. The second kappa shape index (κ2) is 8.67. The van der Waals surface area contributed by atoms with Gasteiger partial charge in [0.25, 0.3) is 0 Å². The van der Waals surface area contributed by atoms with E-state index in [9.17, 15) is 9.90 Å². The molecule has 0 bridgehead atoms. The minimum Gasteiger partial charge on any atom is -0.395 e. The second-order valence-corrected chi connectivity index (χ2v) is 5.91. The monoisotopic (exact) mass is 332 g/mol. The number of rotatable bonds is 7. The Balaban J connectivity index is 1.95. The van der Waals surface area contributed by atoms with Crippen molar-refractivity contribution in [1.82, 2.24) is 4.90 Å². The van der Waals surface area contributed by atoms with E-state index >= 15 is 0 Å². The van der Waals surface area contributed by atoms with Gasteiger partial charge in [-0.05, 0) is 42.3 Å². The van der Waals surface area contributed by atoms with Crippen LogP contribution in [0.1, 0.15) is 11.1 Å². The van der Waals surface area contributed by atoms with Crippen molar-refractivity contribution in [3.8, 4) is 0 Å². The summed E-state index contributed by atoms with van der Waals surface area (Å²) in [6.07, 6.45) is 0. The molecule has 2 aromatic carbocycles. The third-order valence-electron chi connectivity index (χ3n) is 3.40. The van der Waals surface area contributed by atoms with Gasteiger partial charge in [0, 0.05) is 23.8 Å². The second-order valence-electron chi connectivity index (χ2n) is 5.48. The van der Waals surface area contributed by atoms with Crippen LogP contribution in [0.3, 0.4) is 0 Å². The number of nitrogens with zero attached hydrogens (tertiary/aromatic N) is 1. The number of aliphatic hydroxyl groups excluding tert-OH is 1. The Bertz CT molecular complexity index is 644. The van der Waals surface area contributed by atoms with E-state index in [-0.39, 0.29) is 19.1 Å². The van der Waals surface area contributed by atoms with Crippen LogP contribution < -0.4 is 5.32 Å². The summed E-state index contributed by atoms with van der Waals surface area (Å²) in [7, 11) is 0. The van der Waals surface area contributed by atoms with Gasteiger partial charge in [-0.2, -0.15) is 0 Å². The Kier molecular flexibility index (Phi) is 6.59. The van der Waals surface area contributed by atoms with Crippen LogP contribution >= 0.6 is 11.6 Å². The molecule has 0 fully saturated rings. The van der Waals surface area contributed by atoms with E-state index < -0.39 is 0 Å². The Hall–Kier alpha value is -1.88. The van der Waals surface area contributed by atoms with E-state index in [1.807, 2.05) is 60.4 Å². The van der Waals surface area contributed by atoms with Crippen LogP contribution in [0, 0.1) is 6.92 Å². The Morgan fingerprint density at radius 1 is 1.22 bits per heavy atom. The highest BCUT2D eigenvalue weighted by Crippen LogP contribution is 2.12. The van der Waals surface area contributed by atoms with E-state index in [0.29, 0.717) is 18.1 Å². The summed E-state index contributed by atoms with van der Waals surface area (Å²) in [6, 6.07) is 15.2. The lowest BCUT2D eigenvalue weighted by Crippen LogP contribution is -2.34. The molecular weight excluding hydrogens is 312 g/mol. The molecule has 0 spiro atoms. The summed E-state index contributed by atoms with van der Waals surface area (Å²) < 4.78 is 0. The minimum atomic E-state index is -0.0991.